The number of ether oxygens (including phenoxy) is 2. The van der Waals surface area contributed by atoms with Crippen molar-refractivity contribution in [1.29, 1.82) is 0 Å². The monoisotopic (exact) mass is 420 g/mol. The smallest absolute Gasteiger partial charge is 0.302 e. The van der Waals surface area contributed by atoms with E-state index in [0.717, 1.165) is 44.9 Å². The van der Waals surface area contributed by atoms with E-state index in [1.165, 1.54) is 13.8 Å². The highest BCUT2D eigenvalue weighted by Gasteiger charge is 2.65. The van der Waals surface area contributed by atoms with Gasteiger partial charge in [-0.15, -0.1) is 0 Å². The Hall–Kier alpha value is -1.10. The quantitative estimate of drug-likeness (QED) is 0.687. The molecule has 0 aliphatic heterocycles. The van der Waals surface area contributed by atoms with Crippen molar-refractivity contribution in [2.75, 3.05) is 6.61 Å². The van der Waals surface area contributed by atoms with Crippen LogP contribution in [-0.4, -0.2) is 35.9 Å². The van der Waals surface area contributed by atoms with Crippen LogP contribution >= 0.6 is 0 Å². The van der Waals surface area contributed by atoms with E-state index in [0.29, 0.717) is 35.5 Å². The average molecular weight is 421 g/mol. The minimum absolute atomic E-state index is 0.0143. The highest BCUT2D eigenvalue weighted by Crippen LogP contribution is 2.68. The van der Waals surface area contributed by atoms with Crippen LogP contribution in [0.3, 0.4) is 0 Å². The Kier molecular flexibility index (Phi) is 5.74. The average Bonchev–Trinajstić information content (AvgIpc) is 2.97. The maximum Gasteiger partial charge on any atom is 0.302 e. The number of esters is 2. The molecular weight excluding hydrogens is 380 g/mol. The molecular formula is C25H40O5. The van der Waals surface area contributed by atoms with Crippen LogP contribution in [0.25, 0.3) is 0 Å². The molecule has 4 rings (SSSR count). The summed E-state index contributed by atoms with van der Waals surface area (Å²) in [6, 6.07) is 0. The van der Waals surface area contributed by atoms with Gasteiger partial charge in [0.15, 0.2) is 0 Å². The lowest BCUT2D eigenvalue weighted by molar-refractivity contribution is -0.205. The van der Waals surface area contributed by atoms with Gasteiger partial charge < -0.3 is 14.6 Å². The second-order valence-electron chi connectivity index (χ2n) is 11.3. The van der Waals surface area contributed by atoms with E-state index in [2.05, 4.69) is 20.8 Å². The van der Waals surface area contributed by atoms with Gasteiger partial charge in [-0.25, -0.2) is 0 Å². The van der Waals surface area contributed by atoms with Crippen LogP contribution in [0.1, 0.15) is 79.6 Å². The van der Waals surface area contributed by atoms with E-state index in [-0.39, 0.29) is 41.6 Å². The van der Waals surface area contributed by atoms with Gasteiger partial charge in [-0.05, 0) is 80.5 Å². The number of carbonyl (C=O) groups is 2. The van der Waals surface area contributed by atoms with Gasteiger partial charge in [0.05, 0.1) is 0 Å². The Labute approximate surface area is 181 Å². The molecule has 0 spiro atoms. The predicted octanol–water partition coefficient (Wildman–Crippen LogP) is 4.36. The second-order valence-corrected chi connectivity index (χ2v) is 11.3. The number of fused-ring (bicyclic) bond motifs is 5. The van der Waals surface area contributed by atoms with Crippen molar-refractivity contribution in [3.8, 4) is 0 Å². The second kappa shape index (κ2) is 7.79. The third kappa shape index (κ3) is 3.22. The molecule has 0 aromatic carbocycles. The van der Waals surface area contributed by atoms with Gasteiger partial charge in [0.25, 0.3) is 0 Å². The number of hydrogen-bond donors (Lipinski definition) is 1. The van der Waals surface area contributed by atoms with Crippen LogP contribution in [0, 0.1) is 46.3 Å². The molecule has 4 aliphatic carbocycles. The van der Waals surface area contributed by atoms with Crippen LogP contribution in [0.5, 0.6) is 0 Å². The van der Waals surface area contributed by atoms with Gasteiger partial charge in [0, 0.05) is 31.3 Å². The molecule has 0 heterocycles. The van der Waals surface area contributed by atoms with E-state index in [9.17, 15) is 14.7 Å². The fourth-order valence-electron chi connectivity index (χ4n) is 8.93. The molecule has 0 bridgehead atoms. The normalized spacial score (nSPS) is 50.1. The van der Waals surface area contributed by atoms with Crippen molar-refractivity contribution in [3.05, 3.63) is 0 Å². The first kappa shape index (κ1) is 22.1. The fraction of sp³-hybridized carbons (Fsp3) is 0.920. The first-order valence-electron chi connectivity index (χ1n) is 12.1. The molecule has 0 radical (unpaired) electrons. The van der Waals surface area contributed by atoms with E-state index in [1.54, 1.807) is 0 Å². The zero-order valence-electron chi connectivity index (χ0n) is 19.4. The van der Waals surface area contributed by atoms with Crippen molar-refractivity contribution in [3.63, 3.8) is 0 Å². The third-order valence-corrected chi connectivity index (χ3v) is 10.0. The Bertz CT molecular complexity index is 691. The lowest BCUT2D eigenvalue weighted by Crippen LogP contribution is -2.62. The number of carbonyl (C=O) groups excluding carboxylic acids is 2. The van der Waals surface area contributed by atoms with Crippen molar-refractivity contribution in [2.45, 2.75) is 91.8 Å². The molecule has 0 aromatic heterocycles. The van der Waals surface area contributed by atoms with Crippen LogP contribution in [0.4, 0.5) is 0 Å². The lowest BCUT2D eigenvalue weighted by Gasteiger charge is -2.65. The van der Waals surface area contributed by atoms with Gasteiger partial charge in [-0.1, -0.05) is 20.8 Å². The zero-order chi connectivity index (χ0) is 21.8. The summed E-state index contributed by atoms with van der Waals surface area (Å²) in [5.41, 5.74) is -0.0164. The van der Waals surface area contributed by atoms with Gasteiger partial charge in [0.2, 0.25) is 0 Å². The molecule has 0 unspecified atom stereocenters. The number of hydrogen-bond acceptors (Lipinski definition) is 5. The lowest BCUT2D eigenvalue weighted by atomic mass is 9.40. The molecule has 4 saturated carbocycles. The maximum atomic E-state index is 11.7. The van der Waals surface area contributed by atoms with Crippen molar-refractivity contribution < 1.29 is 24.2 Å². The maximum absolute atomic E-state index is 11.7. The van der Waals surface area contributed by atoms with Crippen LogP contribution in [-0.2, 0) is 19.1 Å². The number of aliphatic hydroxyl groups excluding tert-OH is 1. The van der Waals surface area contributed by atoms with Crippen molar-refractivity contribution in [2.24, 2.45) is 46.3 Å². The first-order valence-corrected chi connectivity index (χ1v) is 12.1. The molecule has 0 saturated heterocycles. The highest BCUT2D eigenvalue weighted by atomic mass is 16.5. The molecule has 170 valence electrons. The van der Waals surface area contributed by atoms with Gasteiger partial charge in [-0.3, -0.25) is 9.59 Å². The largest absolute Gasteiger partial charge is 0.463 e. The summed E-state index contributed by atoms with van der Waals surface area (Å²) in [6.07, 6.45) is 7.11. The van der Waals surface area contributed by atoms with Crippen LogP contribution in [0.15, 0.2) is 0 Å². The van der Waals surface area contributed by atoms with Crippen molar-refractivity contribution in [1.82, 2.24) is 0 Å². The van der Waals surface area contributed by atoms with Crippen LogP contribution in [0.2, 0.25) is 0 Å². The topological polar surface area (TPSA) is 72.8 Å². The Balaban J connectivity index is 1.64. The summed E-state index contributed by atoms with van der Waals surface area (Å²) in [7, 11) is 0. The van der Waals surface area contributed by atoms with Gasteiger partial charge >= 0.3 is 11.9 Å². The number of rotatable bonds is 3. The third-order valence-electron chi connectivity index (χ3n) is 10.0. The molecule has 4 fully saturated rings. The summed E-state index contributed by atoms with van der Waals surface area (Å²) in [4.78, 5) is 23.3. The minimum Gasteiger partial charge on any atom is -0.463 e. The Morgan fingerprint density at radius 2 is 1.67 bits per heavy atom. The van der Waals surface area contributed by atoms with Crippen LogP contribution < -0.4 is 0 Å². The molecule has 30 heavy (non-hydrogen) atoms. The molecule has 5 heteroatoms. The fourth-order valence-corrected chi connectivity index (χ4v) is 8.93. The molecule has 5 nitrogen and oxygen atoms in total. The van der Waals surface area contributed by atoms with Gasteiger partial charge in [-0.2, -0.15) is 0 Å². The van der Waals surface area contributed by atoms with Gasteiger partial charge in [0.1, 0.15) is 12.2 Å². The zero-order valence-corrected chi connectivity index (χ0v) is 19.4. The highest BCUT2D eigenvalue weighted by molar-refractivity contribution is 5.66. The molecule has 10 atom stereocenters. The molecule has 0 amide bonds. The van der Waals surface area contributed by atoms with E-state index < -0.39 is 0 Å². The van der Waals surface area contributed by atoms with E-state index in [4.69, 9.17) is 9.47 Å². The SMILES string of the molecule is CC(=O)O[C@@H]1C[C@@H]2C[C@@H](C)[C@H]3[C@@H]4CC[C@H](OC(C)=O)[C@@]4(C)CC[C@@H]3[C@@]2(CO)[C@H](C)C1. The summed E-state index contributed by atoms with van der Waals surface area (Å²) in [5, 5.41) is 10.8. The minimum atomic E-state index is -0.193. The summed E-state index contributed by atoms with van der Waals surface area (Å²) >= 11 is 0. The van der Waals surface area contributed by atoms with E-state index in [1.807, 2.05) is 0 Å². The van der Waals surface area contributed by atoms with Crippen molar-refractivity contribution >= 4 is 11.9 Å². The molecule has 4 aliphatic rings. The summed E-state index contributed by atoms with van der Waals surface area (Å²) in [6.45, 7) is 10.3. The predicted molar refractivity (Wildman–Crippen MR) is 113 cm³/mol. The number of aliphatic hydroxyl groups is 1. The van der Waals surface area contributed by atoms with E-state index >= 15 is 0 Å². The Morgan fingerprint density at radius 1 is 0.967 bits per heavy atom. The standard InChI is InChI=1S/C25H40O5/c1-14-10-18-12-19(29-16(3)27)11-15(2)25(18,13-26)21-8-9-24(5)20(23(14)21)6-7-22(24)30-17(4)28/h14-15,18-23,26H,6-13H2,1-5H3/t14-,15-,18+,19+,20+,21+,22+,23+,24+,25+/m1/s1. The molecule has 0 aromatic rings. The summed E-state index contributed by atoms with van der Waals surface area (Å²) < 4.78 is 11.4. The molecule has 1 N–H and O–H groups in total. The first-order chi connectivity index (χ1) is 14.1. The Morgan fingerprint density at radius 3 is 2.30 bits per heavy atom. The summed E-state index contributed by atoms with van der Waals surface area (Å²) in [5.74, 6) is 2.58.